The maximum absolute atomic E-state index is 11.9. The predicted molar refractivity (Wildman–Crippen MR) is 88.8 cm³/mol. The first-order chi connectivity index (χ1) is 11.1. The molecule has 1 amide bonds. The minimum absolute atomic E-state index is 0.250. The lowest BCUT2D eigenvalue weighted by Crippen LogP contribution is -2.21. The monoisotopic (exact) mass is 329 g/mol. The number of halogens is 1. The van der Waals surface area contributed by atoms with Crippen molar-refractivity contribution in [2.75, 3.05) is 11.9 Å². The van der Waals surface area contributed by atoms with Crippen molar-refractivity contribution in [2.24, 2.45) is 0 Å². The molecular weight excluding hydrogens is 314 g/mol. The summed E-state index contributed by atoms with van der Waals surface area (Å²) in [7, 11) is 0. The molecule has 0 saturated carbocycles. The van der Waals surface area contributed by atoms with E-state index in [1.165, 1.54) is 11.1 Å². The van der Waals surface area contributed by atoms with Gasteiger partial charge in [0.25, 0.3) is 5.91 Å². The van der Waals surface area contributed by atoms with Gasteiger partial charge in [-0.05, 0) is 54.7 Å². The van der Waals surface area contributed by atoms with E-state index in [-0.39, 0.29) is 18.1 Å². The maximum atomic E-state index is 11.9. The number of nitrogens with one attached hydrogen (secondary N) is 1. The number of rotatable bonds is 4. The largest absolute Gasteiger partial charge is 0.452 e. The zero-order chi connectivity index (χ0) is 16.2. The molecule has 1 aliphatic rings. The van der Waals surface area contributed by atoms with Crippen molar-refractivity contribution >= 4 is 29.2 Å². The molecule has 0 atom stereocenters. The quantitative estimate of drug-likeness (QED) is 0.871. The molecule has 0 spiro atoms. The normalized spacial score (nSPS) is 12.6. The lowest BCUT2D eigenvalue weighted by molar-refractivity contribution is -0.119. The van der Waals surface area contributed by atoms with Crippen molar-refractivity contribution in [3.05, 3.63) is 64.2 Å². The summed E-state index contributed by atoms with van der Waals surface area (Å²) >= 11 is 5.92. The van der Waals surface area contributed by atoms with E-state index >= 15 is 0 Å². The fourth-order valence-corrected chi connectivity index (χ4v) is 2.90. The summed E-state index contributed by atoms with van der Waals surface area (Å²) in [5, 5.41) is 3.05. The van der Waals surface area contributed by atoms with E-state index in [0.717, 1.165) is 24.9 Å². The number of amides is 1. The Morgan fingerprint density at radius 2 is 1.87 bits per heavy atom. The molecule has 0 radical (unpaired) electrons. The molecular formula is C18H16ClNO3. The fraction of sp³-hybridized carbons (Fsp3) is 0.222. The lowest BCUT2D eigenvalue weighted by Gasteiger charge is -2.09. The zero-order valence-electron chi connectivity index (χ0n) is 12.5. The van der Waals surface area contributed by atoms with Crippen LogP contribution in [0.1, 0.15) is 27.9 Å². The van der Waals surface area contributed by atoms with Crippen LogP contribution < -0.4 is 5.32 Å². The molecule has 1 aliphatic carbocycles. The molecule has 4 nitrogen and oxygen atoms in total. The van der Waals surface area contributed by atoms with Gasteiger partial charge in [-0.15, -0.1) is 0 Å². The van der Waals surface area contributed by atoms with E-state index in [9.17, 15) is 9.59 Å². The molecule has 0 unspecified atom stereocenters. The first-order valence-corrected chi connectivity index (χ1v) is 7.84. The van der Waals surface area contributed by atoms with E-state index in [0.29, 0.717) is 5.02 Å². The number of esters is 1. The topological polar surface area (TPSA) is 55.4 Å². The smallest absolute Gasteiger partial charge is 0.340 e. The van der Waals surface area contributed by atoms with Gasteiger partial charge >= 0.3 is 5.97 Å². The molecule has 23 heavy (non-hydrogen) atoms. The molecule has 0 aromatic heterocycles. The Morgan fingerprint density at radius 3 is 2.70 bits per heavy atom. The molecule has 0 heterocycles. The molecule has 0 aliphatic heterocycles. The number of carbonyl (C=O) groups excluding carboxylic acids is 2. The number of carbonyl (C=O) groups is 2. The Morgan fingerprint density at radius 1 is 1.09 bits per heavy atom. The Bertz CT molecular complexity index is 758. The standard InChI is InChI=1S/C18H16ClNO3/c19-16-7-2-1-6-15(16)18(22)23-11-17(21)20-14-9-8-12-4-3-5-13(12)10-14/h1-2,6-10H,3-5,11H2,(H,20,21). The SMILES string of the molecule is O=C(COC(=O)c1ccccc1Cl)Nc1ccc2c(c1)CCC2. The number of aryl methyl sites for hydroxylation is 2. The van der Waals surface area contributed by atoms with Crippen LogP contribution in [-0.2, 0) is 22.4 Å². The minimum Gasteiger partial charge on any atom is -0.452 e. The predicted octanol–water partition coefficient (Wildman–Crippen LogP) is 3.62. The summed E-state index contributed by atoms with van der Waals surface area (Å²) < 4.78 is 5.00. The van der Waals surface area contributed by atoms with Crippen LogP contribution in [0, 0.1) is 0 Å². The van der Waals surface area contributed by atoms with Gasteiger partial charge in [-0.25, -0.2) is 4.79 Å². The van der Waals surface area contributed by atoms with Gasteiger partial charge in [0.05, 0.1) is 10.6 Å². The Balaban J connectivity index is 1.56. The van der Waals surface area contributed by atoms with Crippen molar-refractivity contribution in [3.63, 3.8) is 0 Å². The molecule has 5 heteroatoms. The second-order valence-corrected chi connectivity index (χ2v) is 5.85. The average molecular weight is 330 g/mol. The summed E-state index contributed by atoms with van der Waals surface area (Å²) in [6, 6.07) is 12.5. The van der Waals surface area contributed by atoms with E-state index in [1.54, 1.807) is 24.3 Å². The second-order valence-electron chi connectivity index (χ2n) is 5.44. The van der Waals surface area contributed by atoms with Gasteiger partial charge in [0, 0.05) is 5.69 Å². The average Bonchev–Trinajstić information content (AvgIpc) is 3.01. The van der Waals surface area contributed by atoms with Gasteiger partial charge in [-0.1, -0.05) is 29.8 Å². The van der Waals surface area contributed by atoms with Crippen LogP contribution in [0.4, 0.5) is 5.69 Å². The Hall–Kier alpha value is -2.33. The molecule has 0 fully saturated rings. The van der Waals surface area contributed by atoms with Crippen molar-refractivity contribution in [3.8, 4) is 0 Å². The molecule has 0 saturated heterocycles. The number of hydrogen-bond donors (Lipinski definition) is 1. The summed E-state index contributed by atoms with van der Waals surface area (Å²) in [4.78, 5) is 23.8. The van der Waals surface area contributed by atoms with Crippen LogP contribution in [-0.4, -0.2) is 18.5 Å². The summed E-state index contributed by atoms with van der Waals surface area (Å²) in [5.41, 5.74) is 3.59. The highest BCUT2D eigenvalue weighted by atomic mass is 35.5. The summed E-state index contributed by atoms with van der Waals surface area (Å²) in [6.45, 7) is -0.346. The molecule has 2 aromatic rings. The highest BCUT2D eigenvalue weighted by molar-refractivity contribution is 6.33. The van der Waals surface area contributed by atoms with Crippen molar-refractivity contribution in [1.82, 2.24) is 0 Å². The third-order valence-corrected chi connectivity index (χ3v) is 4.14. The first-order valence-electron chi connectivity index (χ1n) is 7.47. The van der Waals surface area contributed by atoms with Gasteiger partial charge < -0.3 is 10.1 Å². The molecule has 118 valence electrons. The number of ether oxygens (including phenoxy) is 1. The summed E-state index contributed by atoms with van der Waals surface area (Å²) in [6.07, 6.45) is 3.29. The highest BCUT2D eigenvalue weighted by Gasteiger charge is 2.14. The van der Waals surface area contributed by atoms with Gasteiger partial charge in [-0.3, -0.25) is 4.79 Å². The zero-order valence-corrected chi connectivity index (χ0v) is 13.2. The third kappa shape index (κ3) is 3.71. The van der Waals surface area contributed by atoms with E-state index in [2.05, 4.69) is 5.32 Å². The number of anilines is 1. The van der Waals surface area contributed by atoms with Crippen molar-refractivity contribution in [1.29, 1.82) is 0 Å². The number of hydrogen-bond acceptors (Lipinski definition) is 3. The first kappa shape index (κ1) is 15.6. The number of fused-ring (bicyclic) bond motifs is 1. The van der Waals surface area contributed by atoms with E-state index in [1.807, 2.05) is 18.2 Å². The molecule has 3 rings (SSSR count). The Kier molecular flexibility index (Phi) is 4.63. The number of benzene rings is 2. The van der Waals surface area contributed by atoms with Crippen molar-refractivity contribution < 1.29 is 14.3 Å². The lowest BCUT2D eigenvalue weighted by atomic mass is 10.1. The minimum atomic E-state index is -0.611. The van der Waals surface area contributed by atoms with Crippen LogP contribution >= 0.6 is 11.6 Å². The molecule has 2 aromatic carbocycles. The fourth-order valence-electron chi connectivity index (χ4n) is 2.68. The van der Waals surface area contributed by atoms with E-state index in [4.69, 9.17) is 16.3 Å². The van der Waals surface area contributed by atoms with Gasteiger partial charge in [0.1, 0.15) is 0 Å². The maximum Gasteiger partial charge on any atom is 0.340 e. The Labute approximate surface area is 139 Å². The summed E-state index contributed by atoms with van der Waals surface area (Å²) in [5.74, 6) is -0.983. The van der Waals surface area contributed by atoms with Crippen LogP contribution in [0.3, 0.4) is 0 Å². The van der Waals surface area contributed by atoms with Gasteiger partial charge in [-0.2, -0.15) is 0 Å². The molecule has 1 N–H and O–H groups in total. The molecule has 0 bridgehead atoms. The third-order valence-electron chi connectivity index (χ3n) is 3.81. The highest BCUT2D eigenvalue weighted by Crippen LogP contribution is 2.24. The van der Waals surface area contributed by atoms with Gasteiger partial charge in [0.2, 0.25) is 0 Å². The van der Waals surface area contributed by atoms with Crippen LogP contribution in [0.5, 0.6) is 0 Å². The van der Waals surface area contributed by atoms with E-state index < -0.39 is 5.97 Å². The van der Waals surface area contributed by atoms with Crippen LogP contribution in [0.2, 0.25) is 5.02 Å². The van der Waals surface area contributed by atoms with Crippen molar-refractivity contribution in [2.45, 2.75) is 19.3 Å². The van der Waals surface area contributed by atoms with Crippen LogP contribution in [0.25, 0.3) is 0 Å². The van der Waals surface area contributed by atoms with Gasteiger partial charge in [0.15, 0.2) is 6.61 Å². The van der Waals surface area contributed by atoms with Crippen LogP contribution in [0.15, 0.2) is 42.5 Å². The second kappa shape index (κ2) is 6.84.